The zero-order valence-electron chi connectivity index (χ0n) is 8.63. The van der Waals surface area contributed by atoms with Gasteiger partial charge in [-0.25, -0.2) is 0 Å². The minimum absolute atomic E-state index is 0.184. The minimum Gasteiger partial charge on any atom is -0.481 e. The summed E-state index contributed by atoms with van der Waals surface area (Å²) >= 11 is 0. The number of benzene rings is 1. The molecule has 1 N–H and O–H groups in total. The number of aliphatic carboxylic acids is 1. The topological polar surface area (TPSA) is 50.2 Å². The molecule has 1 saturated carbocycles. The Hall–Kier alpha value is -1.90. The van der Waals surface area contributed by atoms with E-state index in [1.54, 1.807) is 6.20 Å². The summed E-state index contributed by atoms with van der Waals surface area (Å²) in [7, 11) is 0. The van der Waals surface area contributed by atoms with E-state index in [0.717, 1.165) is 22.8 Å². The monoisotopic (exact) mass is 213 g/mol. The molecular formula is C13H11NO2. The lowest BCUT2D eigenvalue weighted by molar-refractivity contribution is -0.138. The highest BCUT2D eigenvalue weighted by atomic mass is 16.4. The Balaban J connectivity index is 2.08. The Morgan fingerprint density at radius 3 is 3.00 bits per heavy atom. The number of rotatable bonds is 2. The molecule has 3 heteroatoms. The number of carboxylic acid groups (broad SMARTS) is 1. The molecule has 1 aliphatic rings. The number of hydrogen-bond acceptors (Lipinski definition) is 2. The van der Waals surface area contributed by atoms with Crippen LogP contribution in [0.4, 0.5) is 0 Å². The van der Waals surface area contributed by atoms with Crippen LogP contribution < -0.4 is 0 Å². The average molecular weight is 213 g/mol. The van der Waals surface area contributed by atoms with Gasteiger partial charge in [-0.1, -0.05) is 18.2 Å². The van der Waals surface area contributed by atoms with Crippen LogP contribution in [0.25, 0.3) is 10.8 Å². The van der Waals surface area contributed by atoms with Crippen LogP contribution in [-0.4, -0.2) is 16.1 Å². The lowest BCUT2D eigenvalue weighted by Crippen LogP contribution is -1.99. The summed E-state index contributed by atoms with van der Waals surface area (Å²) < 4.78 is 0. The van der Waals surface area contributed by atoms with Gasteiger partial charge in [0.25, 0.3) is 0 Å². The lowest BCUT2D eigenvalue weighted by atomic mass is 10.0. The first-order valence-electron chi connectivity index (χ1n) is 5.33. The summed E-state index contributed by atoms with van der Waals surface area (Å²) in [6.45, 7) is 0. The Kier molecular flexibility index (Phi) is 1.93. The minimum atomic E-state index is -0.684. The standard InChI is InChI=1S/C13H11NO2/c15-13(16)12-6-11(12)10-3-1-2-8-7-14-5-4-9(8)10/h1-5,7,11-12H,6H2,(H,15,16)/t11-,12+/m0/s1. The third kappa shape index (κ3) is 1.36. The van der Waals surface area contributed by atoms with Crippen LogP contribution >= 0.6 is 0 Å². The average Bonchev–Trinajstić information content (AvgIpc) is 3.08. The van der Waals surface area contributed by atoms with E-state index >= 15 is 0 Å². The van der Waals surface area contributed by atoms with E-state index in [-0.39, 0.29) is 11.8 Å². The van der Waals surface area contributed by atoms with Crippen LogP contribution in [-0.2, 0) is 4.79 Å². The zero-order chi connectivity index (χ0) is 11.1. The van der Waals surface area contributed by atoms with E-state index in [9.17, 15) is 4.79 Å². The molecule has 0 spiro atoms. The number of pyridine rings is 1. The van der Waals surface area contributed by atoms with Gasteiger partial charge in [0.2, 0.25) is 0 Å². The second-order valence-electron chi connectivity index (χ2n) is 4.23. The SMILES string of the molecule is O=C(O)[C@@H]1C[C@H]1c1cccc2cnccc12. The van der Waals surface area contributed by atoms with E-state index in [0.29, 0.717) is 0 Å². The van der Waals surface area contributed by atoms with Gasteiger partial charge >= 0.3 is 5.97 Å². The fraction of sp³-hybridized carbons (Fsp3) is 0.231. The number of carboxylic acids is 1. The highest BCUT2D eigenvalue weighted by molar-refractivity contribution is 5.87. The Labute approximate surface area is 92.7 Å². The Morgan fingerprint density at radius 1 is 1.38 bits per heavy atom. The van der Waals surface area contributed by atoms with E-state index in [2.05, 4.69) is 4.98 Å². The van der Waals surface area contributed by atoms with E-state index in [4.69, 9.17) is 5.11 Å². The molecule has 3 rings (SSSR count). The number of aromatic nitrogens is 1. The van der Waals surface area contributed by atoms with Crippen molar-refractivity contribution in [1.82, 2.24) is 4.98 Å². The van der Waals surface area contributed by atoms with Crippen LogP contribution in [0.15, 0.2) is 36.7 Å². The van der Waals surface area contributed by atoms with Crippen molar-refractivity contribution < 1.29 is 9.90 Å². The fourth-order valence-electron chi connectivity index (χ4n) is 2.28. The van der Waals surface area contributed by atoms with Crippen LogP contribution in [0.5, 0.6) is 0 Å². The summed E-state index contributed by atoms with van der Waals surface area (Å²) in [6.07, 6.45) is 4.33. The van der Waals surface area contributed by atoms with E-state index < -0.39 is 5.97 Å². The maximum atomic E-state index is 10.9. The molecule has 1 aromatic carbocycles. The second kappa shape index (κ2) is 3.30. The highest BCUT2D eigenvalue weighted by Gasteiger charge is 2.44. The summed E-state index contributed by atoms with van der Waals surface area (Å²) in [5.41, 5.74) is 1.15. The van der Waals surface area contributed by atoms with Crippen LogP contribution in [0.3, 0.4) is 0 Å². The predicted molar refractivity (Wildman–Crippen MR) is 60.2 cm³/mol. The molecule has 1 heterocycles. The molecule has 0 saturated heterocycles. The van der Waals surface area contributed by atoms with Gasteiger partial charge in [-0.15, -0.1) is 0 Å². The number of nitrogens with zero attached hydrogens (tertiary/aromatic N) is 1. The van der Waals surface area contributed by atoms with Crippen molar-refractivity contribution in [2.75, 3.05) is 0 Å². The van der Waals surface area contributed by atoms with Crippen molar-refractivity contribution in [2.45, 2.75) is 12.3 Å². The molecule has 0 bridgehead atoms. The third-order valence-corrected chi connectivity index (χ3v) is 3.22. The van der Waals surface area contributed by atoms with Crippen LogP contribution in [0.2, 0.25) is 0 Å². The molecule has 0 unspecified atom stereocenters. The van der Waals surface area contributed by atoms with Gasteiger partial charge in [-0.3, -0.25) is 9.78 Å². The molecule has 80 valence electrons. The first kappa shape index (κ1) is 9.33. The zero-order valence-corrected chi connectivity index (χ0v) is 8.63. The molecule has 1 aliphatic carbocycles. The van der Waals surface area contributed by atoms with E-state index in [1.165, 1.54) is 0 Å². The summed E-state index contributed by atoms with van der Waals surface area (Å²) in [4.78, 5) is 14.9. The number of fused-ring (bicyclic) bond motifs is 1. The lowest BCUT2D eigenvalue weighted by Gasteiger charge is -2.04. The van der Waals surface area contributed by atoms with Gasteiger partial charge < -0.3 is 5.11 Å². The molecule has 0 radical (unpaired) electrons. The number of carbonyl (C=O) groups is 1. The van der Waals surface area contributed by atoms with E-state index in [1.807, 2.05) is 30.5 Å². The maximum Gasteiger partial charge on any atom is 0.307 e. The largest absolute Gasteiger partial charge is 0.481 e. The van der Waals surface area contributed by atoms with Gasteiger partial charge in [0, 0.05) is 17.8 Å². The second-order valence-corrected chi connectivity index (χ2v) is 4.23. The smallest absolute Gasteiger partial charge is 0.307 e. The van der Waals surface area contributed by atoms with Gasteiger partial charge in [0.05, 0.1) is 5.92 Å². The highest BCUT2D eigenvalue weighted by Crippen LogP contribution is 2.49. The molecule has 0 aliphatic heterocycles. The Bertz CT molecular complexity index is 559. The molecule has 1 fully saturated rings. The quantitative estimate of drug-likeness (QED) is 0.833. The summed E-state index contributed by atoms with van der Waals surface area (Å²) in [6, 6.07) is 7.96. The van der Waals surface area contributed by atoms with Crippen molar-refractivity contribution in [3.63, 3.8) is 0 Å². The van der Waals surface area contributed by atoms with Crippen molar-refractivity contribution in [3.8, 4) is 0 Å². The fourth-order valence-corrected chi connectivity index (χ4v) is 2.28. The van der Waals surface area contributed by atoms with Crippen LogP contribution in [0.1, 0.15) is 17.9 Å². The molecule has 1 aromatic heterocycles. The van der Waals surface area contributed by atoms with Gasteiger partial charge in [-0.2, -0.15) is 0 Å². The molecule has 2 atom stereocenters. The van der Waals surface area contributed by atoms with Gasteiger partial charge in [0.15, 0.2) is 0 Å². The Morgan fingerprint density at radius 2 is 2.25 bits per heavy atom. The molecule has 0 amide bonds. The van der Waals surface area contributed by atoms with Crippen molar-refractivity contribution >= 4 is 16.7 Å². The van der Waals surface area contributed by atoms with Crippen molar-refractivity contribution in [3.05, 3.63) is 42.2 Å². The maximum absolute atomic E-state index is 10.9. The summed E-state index contributed by atoms with van der Waals surface area (Å²) in [5.74, 6) is -0.696. The van der Waals surface area contributed by atoms with Crippen molar-refractivity contribution in [2.24, 2.45) is 5.92 Å². The predicted octanol–water partition coefficient (Wildman–Crippen LogP) is 2.42. The molecular weight excluding hydrogens is 202 g/mol. The van der Waals surface area contributed by atoms with Gasteiger partial charge in [-0.05, 0) is 29.4 Å². The molecule has 2 aromatic rings. The van der Waals surface area contributed by atoms with Crippen LogP contribution in [0, 0.1) is 5.92 Å². The van der Waals surface area contributed by atoms with Gasteiger partial charge in [0.1, 0.15) is 0 Å². The first-order valence-corrected chi connectivity index (χ1v) is 5.33. The summed E-state index contributed by atoms with van der Waals surface area (Å²) in [5, 5.41) is 11.2. The molecule has 16 heavy (non-hydrogen) atoms. The normalized spacial score (nSPS) is 23.2. The number of hydrogen-bond donors (Lipinski definition) is 1. The van der Waals surface area contributed by atoms with Crippen molar-refractivity contribution in [1.29, 1.82) is 0 Å². The molecule has 3 nitrogen and oxygen atoms in total. The first-order chi connectivity index (χ1) is 7.77. The third-order valence-electron chi connectivity index (χ3n) is 3.22.